The first-order valence-corrected chi connectivity index (χ1v) is 9.22. The van der Waals surface area contributed by atoms with Gasteiger partial charge in [0.1, 0.15) is 5.82 Å². The first-order chi connectivity index (χ1) is 13.7. The van der Waals surface area contributed by atoms with Gasteiger partial charge in [0, 0.05) is 17.5 Å². The van der Waals surface area contributed by atoms with Gasteiger partial charge in [-0.15, -0.1) is 0 Å². The Bertz CT molecular complexity index is 1030. The molecular weight excluding hydrogens is 348 g/mol. The van der Waals surface area contributed by atoms with E-state index in [1.807, 2.05) is 95.9 Å². The van der Waals surface area contributed by atoms with Crippen LogP contribution in [0.25, 0.3) is 0 Å². The number of hydrogen-bond donors (Lipinski definition) is 1. The molecule has 1 aliphatic rings. The molecule has 3 aromatic carbocycles. The third-order valence-corrected chi connectivity index (χ3v) is 4.72. The van der Waals surface area contributed by atoms with Crippen LogP contribution in [0, 0.1) is 0 Å². The fraction of sp³-hybridized carbons (Fsp3) is 0.0833. The van der Waals surface area contributed by atoms with Crippen molar-refractivity contribution in [3.05, 3.63) is 108 Å². The molecule has 0 spiro atoms. The summed E-state index contributed by atoms with van der Waals surface area (Å²) >= 11 is 0. The maximum absolute atomic E-state index is 12.8. The van der Waals surface area contributed by atoms with Gasteiger partial charge >= 0.3 is 0 Å². The molecule has 0 amide bonds. The first-order valence-electron chi connectivity index (χ1n) is 9.22. The van der Waals surface area contributed by atoms with Crippen molar-refractivity contribution in [3.63, 3.8) is 0 Å². The van der Waals surface area contributed by atoms with E-state index in [-0.39, 0.29) is 24.5 Å². The maximum atomic E-state index is 12.8. The highest BCUT2D eigenvalue weighted by Crippen LogP contribution is 2.36. The number of nitrogens with one attached hydrogen (secondary N) is 1. The van der Waals surface area contributed by atoms with Crippen LogP contribution in [0.3, 0.4) is 0 Å². The lowest BCUT2D eigenvalue weighted by molar-refractivity contribution is 0.0991. The number of fused-ring (bicyclic) bond motifs is 1. The zero-order chi connectivity index (χ0) is 19.3. The van der Waals surface area contributed by atoms with E-state index >= 15 is 0 Å². The molecule has 0 atom stereocenters. The predicted molar refractivity (Wildman–Crippen MR) is 112 cm³/mol. The zero-order valence-electron chi connectivity index (χ0n) is 15.3. The van der Waals surface area contributed by atoms with Crippen molar-refractivity contribution in [2.45, 2.75) is 6.42 Å². The molecule has 0 fully saturated rings. The van der Waals surface area contributed by atoms with Crippen LogP contribution in [0.15, 0.2) is 96.8 Å². The Balaban J connectivity index is 1.57. The van der Waals surface area contributed by atoms with Crippen molar-refractivity contribution in [3.8, 4) is 0 Å². The van der Waals surface area contributed by atoms with Crippen LogP contribution < -0.4 is 10.2 Å². The number of ketones is 2. The number of rotatable bonds is 6. The third-order valence-electron chi connectivity index (χ3n) is 4.72. The van der Waals surface area contributed by atoms with Gasteiger partial charge in [-0.1, -0.05) is 72.8 Å². The van der Waals surface area contributed by atoms with Crippen LogP contribution >= 0.6 is 0 Å². The molecule has 4 heteroatoms. The minimum atomic E-state index is 0.0272. The van der Waals surface area contributed by atoms with Crippen LogP contribution in [0.4, 0.5) is 11.4 Å². The Hall–Kier alpha value is -3.66. The van der Waals surface area contributed by atoms with Crippen LogP contribution in [-0.4, -0.2) is 18.1 Å². The van der Waals surface area contributed by atoms with Gasteiger partial charge in [-0.25, -0.2) is 0 Å². The number of carbonyl (C=O) groups excluding carboxylic acids is 2. The summed E-state index contributed by atoms with van der Waals surface area (Å²) in [7, 11) is 0. The summed E-state index contributed by atoms with van der Waals surface area (Å²) in [6.07, 6.45) is 2.12. The lowest BCUT2D eigenvalue weighted by atomic mass is 10.1. The highest BCUT2D eigenvalue weighted by Gasteiger charge is 2.25. The number of allylic oxidation sites excluding steroid dienone is 1. The topological polar surface area (TPSA) is 49.4 Å². The summed E-state index contributed by atoms with van der Waals surface area (Å²) in [6.45, 7) is 0.208. The van der Waals surface area contributed by atoms with E-state index in [2.05, 4.69) is 5.32 Å². The van der Waals surface area contributed by atoms with E-state index in [1.165, 1.54) is 0 Å². The van der Waals surface area contributed by atoms with E-state index in [0.717, 1.165) is 17.2 Å². The number of para-hydroxylation sites is 2. The van der Waals surface area contributed by atoms with E-state index in [4.69, 9.17) is 0 Å². The van der Waals surface area contributed by atoms with E-state index < -0.39 is 0 Å². The van der Waals surface area contributed by atoms with Crippen molar-refractivity contribution >= 4 is 22.9 Å². The van der Waals surface area contributed by atoms with Crippen molar-refractivity contribution in [2.75, 3.05) is 16.8 Å². The number of hydrogen-bond acceptors (Lipinski definition) is 4. The predicted octanol–water partition coefficient (Wildman–Crippen LogP) is 4.92. The normalized spacial score (nSPS) is 13.9. The maximum Gasteiger partial charge on any atom is 0.182 e. The molecule has 138 valence electrons. The number of benzene rings is 3. The second kappa shape index (κ2) is 7.92. The Morgan fingerprint density at radius 3 is 2.00 bits per heavy atom. The number of Topliss-reactive ketones (excluding diaryl/α,β-unsaturated/α-hetero) is 2. The molecule has 28 heavy (non-hydrogen) atoms. The fourth-order valence-corrected chi connectivity index (χ4v) is 3.27. The average Bonchev–Trinajstić information content (AvgIpc) is 3.10. The van der Waals surface area contributed by atoms with Crippen LogP contribution in [0.2, 0.25) is 0 Å². The zero-order valence-corrected chi connectivity index (χ0v) is 15.3. The van der Waals surface area contributed by atoms with E-state index in [1.54, 1.807) is 0 Å². The highest BCUT2D eigenvalue weighted by molar-refractivity contribution is 6.01. The monoisotopic (exact) mass is 368 g/mol. The second-order valence-corrected chi connectivity index (χ2v) is 6.60. The van der Waals surface area contributed by atoms with Crippen LogP contribution in [0.5, 0.6) is 0 Å². The van der Waals surface area contributed by atoms with Crippen LogP contribution in [-0.2, 0) is 0 Å². The summed E-state index contributed by atoms with van der Waals surface area (Å²) < 4.78 is 0. The molecule has 4 nitrogen and oxygen atoms in total. The smallest absolute Gasteiger partial charge is 0.182 e. The molecular formula is C24H20N2O2. The van der Waals surface area contributed by atoms with Gasteiger partial charge in [0.2, 0.25) is 0 Å². The molecule has 3 aromatic rings. The molecule has 0 unspecified atom stereocenters. The van der Waals surface area contributed by atoms with Crippen molar-refractivity contribution in [1.82, 2.24) is 0 Å². The minimum Gasteiger partial charge on any atom is -0.340 e. The molecule has 0 saturated heterocycles. The number of anilines is 2. The largest absolute Gasteiger partial charge is 0.340 e. The molecule has 1 N–H and O–H groups in total. The molecule has 0 aromatic heterocycles. The van der Waals surface area contributed by atoms with Crippen molar-refractivity contribution in [1.29, 1.82) is 0 Å². The minimum absolute atomic E-state index is 0.0272. The number of carbonyl (C=O) groups is 2. The molecule has 4 rings (SSSR count). The summed E-state index contributed by atoms with van der Waals surface area (Å²) in [5.41, 5.74) is 3.22. The van der Waals surface area contributed by atoms with Crippen molar-refractivity contribution in [2.24, 2.45) is 0 Å². The van der Waals surface area contributed by atoms with Gasteiger partial charge < -0.3 is 10.2 Å². The average molecular weight is 368 g/mol. The molecule has 0 bridgehead atoms. The Kier molecular flexibility index (Phi) is 5.02. The van der Waals surface area contributed by atoms with E-state index in [9.17, 15) is 9.59 Å². The first kappa shape index (κ1) is 17.7. The fourth-order valence-electron chi connectivity index (χ4n) is 3.27. The molecule has 0 aliphatic carbocycles. The van der Waals surface area contributed by atoms with E-state index in [0.29, 0.717) is 11.1 Å². The lowest BCUT2D eigenvalue weighted by Gasteiger charge is -2.19. The number of nitrogens with zero attached hydrogens (tertiary/aromatic N) is 1. The Morgan fingerprint density at radius 2 is 1.32 bits per heavy atom. The quantitative estimate of drug-likeness (QED) is 0.628. The third kappa shape index (κ3) is 3.71. The van der Waals surface area contributed by atoms with Gasteiger partial charge in [0.25, 0.3) is 0 Å². The van der Waals surface area contributed by atoms with Crippen molar-refractivity contribution < 1.29 is 9.59 Å². The summed E-state index contributed by atoms with van der Waals surface area (Å²) in [5.74, 6) is 0.828. The standard InChI is InChI=1S/C24H20N2O2/c27-22(18-9-3-1-4-10-18)15-16-24-25-20-13-7-8-14-21(20)26(24)17-23(28)19-11-5-2-6-12-19/h1-14,16,25H,15,17H2/b24-16+. The lowest BCUT2D eigenvalue weighted by Crippen LogP contribution is -2.28. The molecule has 1 heterocycles. The SMILES string of the molecule is O=C(C/C=C1\Nc2ccccc2N1CC(=O)c1ccccc1)c1ccccc1. The summed E-state index contributed by atoms with van der Waals surface area (Å²) in [5, 5.41) is 3.33. The summed E-state index contributed by atoms with van der Waals surface area (Å²) in [4.78, 5) is 27.2. The van der Waals surface area contributed by atoms with Gasteiger partial charge in [-0.3, -0.25) is 9.59 Å². The molecule has 1 aliphatic heterocycles. The van der Waals surface area contributed by atoms with Gasteiger partial charge in [-0.05, 0) is 18.2 Å². The summed E-state index contributed by atoms with van der Waals surface area (Å²) in [6, 6.07) is 26.3. The van der Waals surface area contributed by atoms with Crippen LogP contribution in [0.1, 0.15) is 27.1 Å². The Labute approximate surface area is 164 Å². The Morgan fingerprint density at radius 1 is 0.750 bits per heavy atom. The highest BCUT2D eigenvalue weighted by atomic mass is 16.1. The molecule has 0 saturated carbocycles. The van der Waals surface area contributed by atoms with Gasteiger partial charge in [0.05, 0.1) is 17.9 Å². The molecule has 0 radical (unpaired) electrons. The van der Waals surface area contributed by atoms with Gasteiger partial charge in [0.15, 0.2) is 11.6 Å². The van der Waals surface area contributed by atoms with Gasteiger partial charge in [-0.2, -0.15) is 0 Å². The second-order valence-electron chi connectivity index (χ2n) is 6.60.